The fourth-order valence-corrected chi connectivity index (χ4v) is 3.16. The summed E-state index contributed by atoms with van der Waals surface area (Å²) in [6.45, 7) is 0. The van der Waals surface area contributed by atoms with E-state index in [-0.39, 0.29) is 4.83 Å². The molecule has 0 saturated heterocycles. The van der Waals surface area contributed by atoms with Gasteiger partial charge in [-0.15, -0.1) is 0 Å². The van der Waals surface area contributed by atoms with Crippen molar-refractivity contribution in [3.05, 3.63) is 52.4 Å². The maximum absolute atomic E-state index is 5.23. The standard InChI is InChI=1S/C13H12Br2O2/c1-16-10-4-2-9(3-5-10)8-12(14)11-6-7-17-13(11)15/h2-7,12H,8H2,1H3. The Morgan fingerprint density at radius 1 is 1.24 bits per heavy atom. The normalized spacial score (nSPS) is 12.4. The van der Waals surface area contributed by atoms with E-state index in [2.05, 4.69) is 44.0 Å². The first kappa shape index (κ1) is 12.7. The first-order valence-electron chi connectivity index (χ1n) is 5.20. The lowest BCUT2D eigenvalue weighted by Crippen LogP contribution is -1.94. The fourth-order valence-electron chi connectivity index (χ4n) is 1.61. The van der Waals surface area contributed by atoms with Gasteiger partial charge in [-0.1, -0.05) is 28.1 Å². The second-order valence-electron chi connectivity index (χ2n) is 3.67. The van der Waals surface area contributed by atoms with Gasteiger partial charge in [0.2, 0.25) is 0 Å². The predicted octanol–water partition coefficient (Wildman–Crippen LogP) is 4.73. The topological polar surface area (TPSA) is 22.4 Å². The molecule has 17 heavy (non-hydrogen) atoms. The molecular weight excluding hydrogens is 348 g/mol. The Labute approximate surface area is 117 Å². The van der Waals surface area contributed by atoms with E-state index in [1.165, 1.54) is 5.56 Å². The highest BCUT2D eigenvalue weighted by molar-refractivity contribution is 9.10. The van der Waals surface area contributed by atoms with E-state index in [9.17, 15) is 0 Å². The minimum Gasteiger partial charge on any atom is -0.497 e. The van der Waals surface area contributed by atoms with E-state index in [4.69, 9.17) is 9.15 Å². The lowest BCUT2D eigenvalue weighted by atomic mass is 10.1. The van der Waals surface area contributed by atoms with Gasteiger partial charge in [0.25, 0.3) is 0 Å². The first-order valence-corrected chi connectivity index (χ1v) is 6.91. The first-order chi connectivity index (χ1) is 8.20. The SMILES string of the molecule is COc1ccc(CC(Br)c2ccoc2Br)cc1. The largest absolute Gasteiger partial charge is 0.497 e. The Kier molecular flexibility index (Phi) is 4.29. The van der Waals surface area contributed by atoms with E-state index in [0.29, 0.717) is 0 Å². The van der Waals surface area contributed by atoms with Crippen LogP contribution in [0, 0.1) is 0 Å². The van der Waals surface area contributed by atoms with Crippen LogP contribution in [0.15, 0.2) is 45.7 Å². The van der Waals surface area contributed by atoms with Crippen LogP contribution < -0.4 is 4.74 Å². The van der Waals surface area contributed by atoms with Crippen LogP contribution in [0.5, 0.6) is 5.75 Å². The molecule has 1 aromatic heterocycles. The van der Waals surface area contributed by atoms with Crippen molar-refractivity contribution in [3.63, 3.8) is 0 Å². The zero-order valence-electron chi connectivity index (χ0n) is 9.32. The lowest BCUT2D eigenvalue weighted by Gasteiger charge is -2.09. The molecule has 0 aliphatic carbocycles. The molecule has 4 heteroatoms. The molecule has 0 spiro atoms. The third-order valence-corrected chi connectivity index (χ3v) is 4.02. The minimum atomic E-state index is 0.240. The highest BCUT2D eigenvalue weighted by atomic mass is 79.9. The van der Waals surface area contributed by atoms with Crippen LogP contribution in [-0.4, -0.2) is 7.11 Å². The maximum atomic E-state index is 5.23. The number of methoxy groups -OCH3 is 1. The number of hydrogen-bond acceptors (Lipinski definition) is 2. The summed E-state index contributed by atoms with van der Waals surface area (Å²) >= 11 is 7.05. The van der Waals surface area contributed by atoms with Crippen molar-refractivity contribution in [1.29, 1.82) is 0 Å². The van der Waals surface area contributed by atoms with Crippen LogP contribution in [0.2, 0.25) is 0 Å². The van der Waals surface area contributed by atoms with Crippen LogP contribution >= 0.6 is 31.9 Å². The molecule has 0 saturated carbocycles. The summed E-state index contributed by atoms with van der Waals surface area (Å²) in [7, 11) is 1.67. The molecule has 0 bridgehead atoms. The van der Waals surface area contributed by atoms with Gasteiger partial charge in [0.1, 0.15) is 5.75 Å². The van der Waals surface area contributed by atoms with Gasteiger partial charge >= 0.3 is 0 Å². The van der Waals surface area contributed by atoms with Gasteiger partial charge in [-0.25, -0.2) is 0 Å². The van der Waals surface area contributed by atoms with E-state index >= 15 is 0 Å². The van der Waals surface area contributed by atoms with Crippen molar-refractivity contribution < 1.29 is 9.15 Å². The number of ether oxygens (including phenoxy) is 1. The summed E-state index contributed by atoms with van der Waals surface area (Å²) in [6, 6.07) is 10.0. The summed E-state index contributed by atoms with van der Waals surface area (Å²) in [5, 5.41) is 0. The monoisotopic (exact) mass is 358 g/mol. The summed E-state index contributed by atoms with van der Waals surface area (Å²) in [6.07, 6.45) is 2.59. The Morgan fingerprint density at radius 3 is 2.47 bits per heavy atom. The van der Waals surface area contributed by atoms with E-state index in [1.807, 2.05) is 18.2 Å². The van der Waals surface area contributed by atoms with Crippen LogP contribution in [0.4, 0.5) is 0 Å². The maximum Gasteiger partial charge on any atom is 0.173 e. The van der Waals surface area contributed by atoms with E-state index in [1.54, 1.807) is 13.4 Å². The molecular formula is C13H12Br2O2. The number of alkyl halides is 1. The molecule has 0 radical (unpaired) electrons. The number of benzene rings is 1. The highest BCUT2D eigenvalue weighted by Gasteiger charge is 2.14. The molecule has 1 unspecified atom stereocenters. The summed E-state index contributed by atoms with van der Waals surface area (Å²) in [5.74, 6) is 0.879. The third kappa shape index (κ3) is 3.13. The van der Waals surface area contributed by atoms with Gasteiger partial charge in [0.15, 0.2) is 4.67 Å². The van der Waals surface area contributed by atoms with Gasteiger partial charge in [-0.2, -0.15) is 0 Å². The average molecular weight is 360 g/mol. The predicted molar refractivity (Wildman–Crippen MR) is 74.8 cm³/mol. The number of furan rings is 1. The number of rotatable bonds is 4. The average Bonchev–Trinajstić information content (AvgIpc) is 2.76. The Morgan fingerprint density at radius 2 is 1.94 bits per heavy atom. The highest BCUT2D eigenvalue weighted by Crippen LogP contribution is 2.33. The molecule has 1 aromatic carbocycles. The van der Waals surface area contributed by atoms with Crippen molar-refractivity contribution in [3.8, 4) is 5.75 Å². The van der Waals surface area contributed by atoms with Crippen LogP contribution in [-0.2, 0) is 6.42 Å². The molecule has 2 nitrogen and oxygen atoms in total. The van der Waals surface area contributed by atoms with Gasteiger partial charge < -0.3 is 9.15 Å². The second kappa shape index (κ2) is 5.74. The van der Waals surface area contributed by atoms with Crippen molar-refractivity contribution in [2.75, 3.05) is 7.11 Å². The molecule has 0 aliphatic heterocycles. The molecule has 0 aliphatic rings. The fraction of sp³-hybridized carbons (Fsp3) is 0.231. The van der Waals surface area contributed by atoms with Crippen molar-refractivity contribution >= 4 is 31.9 Å². The van der Waals surface area contributed by atoms with Crippen molar-refractivity contribution in [1.82, 2.24) is 0 Å². The van der Waals surface area contributed by atoms with Gasteiger partial charge in [-0.3, -0.25) is 0 Å². The van der Waals surface area contributed by atoms with E-state index < -0.39 is 0 Å². The Hall–Kier alpha value is -0.740. The lowest BCUT2D eigenvalue weighted by molar-refractivity contribution is 0.414. The summed E-state index contributed by atoms with van der Waals surface area (Å²) < 4.78 is 11.1. The second-order valence-corrected chi connectivity index (χ2v) is 5.49. The van der Waals surface area contributed by atoms with Gasteiger partial charge in [0.05, 0.1) is 13.4 Å². The molecule has 2 aromatic rings. The summed E-state index contributed by atoms with van der Waals surface area (Å²) in [4.78, 5) is 0.240. The minimum absolute atomic E-state index is 0.240. The number of hydrogen-bond donors (Lipinski definition) is 0. The Balaban J connectivity index is 2.07. The van der Waals surface area contributed by atoms with Crippen LogP contribution in [0.25, 0.3) is 0 Å². The molecule has 0 fully saturated rings. The number of halogens is 2. The zero-order chi connectivity index (χ0) is 12.3. The van der Waals surface area contributed by atoms with Gasteiger partial charge in [-0.05, 0) is 46.1 Å². The smallest absolute Gasteiger partial charge is 0.173 e. The third-order valence-electron chi connectivity index (χ3n) is 2.56. The van der Waals surface area contributed by atoms with Crippen molar-refractivity contribution in [2.24, 2.45) is 0 Å². The zero-order valence-corrected chi connectivity index (χ0v) is 12.5. The summed E-state index contributed by atoms with van der Waals surface area (Å²) in [5.41, 5.74) is 2.38. The molecule has 0 N–H and O–H groups in total. The van der Waals surface area contributed by atoms with Crippen LogP contribution in [0.3, 0.4) is 0 Å². The molecule has 0 amide bonds. The molecule has 1 heterocycles. The molecule has 1 atom stereocenters. The molecule has 2 rings (SSSR count). The molecule has 90 valence electrons. The Bertz CT molecular complexity index is 476. The van der Waals surface area contributed by atoms with Crippen LogP contribution in [0.1, 0.15) is 16.0 Å². The van der Waals surface area contributed by atoms with E-state index in [0.717, 1.165) is 22.4 Å². The van der Waals surface area contributed by atoms with Crippen molar-refractivity contribution in [2.45, 2.75) is 11.2 Å². The quantitative estimate of drug-likeness (QED) is 0.736. The van der Waals surface area contributed by atoms with Gasteiger partial charge in [0, 0.05) is 10.4 Å².